The Hall–Kier alpha value is -2.86. The third kappa shape index (κ3) is 4.46. The number of aryl methyl sites for hydroxylation is 1. The summed E-state index contributed by atoms with van der Waals surface area (Å²) in [5.41, 5.74) is 0.443. The fourth-order valence-electron chi connectivity index (χ4n) is 2.74. The van der Waals surface area contributed by atoms with Gasteiger partial charge in [0.15, 0.2) is 0 Å². The van der Waals surface area contributed by atoms with Crippen molar-refractivity contribution in [3.63, 3.8) is 0 Å². The topological polar surface area (TPSA) is 64.4 Å². The van der Waals surface area contributed by atoms with Crippen LogP contribution in [-0.2, 0) is 11.3 Å². The van der Waals surface area contributed by atoms with Crippen LogP contribution in [0.15, 0.2) is 53.3 Å². The second kappa shape index (κ2) is 8.22. The first kappa shape index (κ1) is 18.9. The minimum atomic E-state index is -0.270. The Balaban J connectivity index is 1.64. The molecular formula is C20H20ClN3O3. The predicted molar refractivity (Wildman–Crippen MR) is 105 cm³/mol. The van der Waals surface area contributed by atoms with Crippen molar-refractivity contribution in [3.8, 4) is 5.75 Å². The van der Waals surface area contributed by atoms with Gasteiger partial charge in [0.1, 0.15) is 18.9 Å². The van der Waals surface area contributed by atoms with Gasteiger partial charge in [-0.2, -0.15) is 5.10 Å². The number of hydrogen-bond donors (Lipinski definition) is 0. The lowest BCUT2D eigenvalue weighted by atomic mass is 10.1. The van der Waals surface area contributed by atoms with E-state index in [1.807, 2.05) is 19.1 Å². The van der Waals surface area contributed by atoms with E-state index >= 15 is 0 Å². The molecule has 3 rings (SSSR count). The lowest BCUT2D eigenvalue weighted by Gasteiger charge is -2.18. The minimum absolute atomic E-state index is 0.113. The first-order chi connectivity index (χ1) is 13.0. The van der Waals surface area contributed by atoms with Gasteiger partial charge in [0.05, 0.1) is 17.6 Å². The molecular weight excluding hydrogens is 366 g/mol. The highest BCUT2D eigenvalue weighted by molar-refractivity contribution is 6.30. The Labute approximate surface area is 161 Å². The molecule has 1 heterocycles. The summed E-state index contributed by atoms with van der Waals surface area (Å²) in [6.07, 6.45) is 0. The average molecular weight is 386 g/mol. The maximum Gasteiger partial charge on any atom is 0.275 e. The van der Waals surface area contributed by atoms with Gasteiger partial charge >= 0.3 is 0 Å². The number of carbonyl (C=O) groups excluding carboxylic acids is 1. The molecule has 0 aliphatic heterocycles. The summed E-state index contributed by atoms with van der Waals surface area (Å²) < 4.78 is 6.81. The molecule has 7 heteroatoms. The van der Waals surface area contributed by atoms with Gasteiger partial charge < -0.3 is 9.64 Å². The van der Waals surface area contributed by atoms with Gasteiger partial charge in [0, 0.05) is 17.5 Å². The molecule has 0 spiro atoms. The Bertz CT molecular complexity index is 1030. The Morgan fingerprint density at radius 2 is 1.93 bits per heavy atom. The van der Waals surface area contributed by atoms with Crippen molar-refractivity contribution in [2.24, 2.45) is 0 Å². The zero-order chi connectivity index (χ0) is 19.4. The van der Waals surface area contributed by atoms with Crippen molar-refractivity contribution in [1.29, 1.82) is 0 Å². The number of amides is 1. The Morgan fingerprint density at radius 3 is 2.67 bits per heavy atom. The van der Waals surface area contributed by atoms with Crippen LogP contribution in [0.2, 0.25) is 5.02 Å². The molecule has 1 amide bonds. The van der Waals surface area contributed by atoms with Gasteiger partial charge in [-0.3, -0.25) is 9.59 Å². The van der Waals surface area contributed by atoms with Gasteiger partial charge in [-0.25, -0.2) is 4.68 Å². The number of benzene rings is 2. The number of fused-ring (bicyclic) bond motifs is 1. The molecule has 0 unspecified atom stereocenters. The van der Waals surface area contributed by atoms with Crippen molar-refractivity contribution in [2.75, 3.05) is 20.2 Å². The molecule has 0 bridgehead atoms. The van der Waals surface area contributed by atoms with Crippen LogP contribution in [-0.4, -0.2) is 40.8 Å². The van der Waals surface area contributed by atoms with Crippen LogP contribution < -0.4 is 10.3 Å². The fourth-order valence-corrected chi connectivity index (χ4v) is 2.92. The maximum absolute atomic E-state index is 12.6. The van der Waals surface area contributed by atoms with Crippen LogP contribution in [0.5, 0.6) is 5.75 Å². The number of hydrogen-bond acceptors (Lipinski definition) is 4. The zero-order valence-corrected chi connectivity index (χ0v) is 15.9. The number of aromatic nitrogens is 2. The van der Waals surface area contributed by atoms with E-state index < -0.39 is 0 Å². The van der Waals surface area contributed by atoms with E-state index in [-0.39, 0.29) is 18.0 Å². The second-order valence-electron chi connectivity index (χ2n) is 6.21. The molecule has 0 atom stereocenters. The Kier molecular flexibility index (Phi) is 5.76. The van der Waals surface area contributed by atoms with Gasteiger partial charge in [-0.15, -0.1) is 0 Å². The third-order valence-corrected chi connectivity index (χ3v) is 4.49. The summed E-state index contributed by atoms with van der Waals surface area (Å²) in [6.45, 7) is 2.41. The molecule has 0 aliphatic carbocycles. The summed E-state index contributed by atoms with van der Waals surface area (Å²) in [7, 11) is 1.67. The molecule has 3 aromatic rings. The molecule has 1 aromatic heterocycles. The van der Waals surface area contributed by atoms with Crippen molar-refractivity contribution < 1.29 is 9.53 Å². The van der Waals surface area contributed by atoms with Crippen molar-refractivity contribution in [1.82, 2.24) is 14.7 Å². The number of halogens is 1. The average Bonchev–Trinajstić information content (AvgIpc) is 2.66. The highest BCUT2D eigenvalue weighted by atomic mass is 35.5. The summed E-state index contributed by atoms with van der Waals surface area (Å²) in [6, 6.07) is 14.3. The Morgan fingerprint density at radius 1 is 1.19 bits per heavy atom. The molecule has 0 N–H and O–H groups in total. The number of ether oxygens (including phenoxy) is 1. The van der Waals surface area contributed by atoms with Gasteiger partial charge in [-0.05, 0) is 31.2 Å². The van der Waals surface area contributed by atoms with E-state index in [0.29, 0.717) is 35.0 Å². The first-order valence-electron chi connectivity index (χ1n) is 8.54. The number of rotatable bonds is 6. The van der Waals surface area contributed by atoms with E-state index in [9.17, 15) is 9.59 Å². The fraction of sp³-hybridized carbons (Fsp3) is 0.250. The molecule has 0 saturated carbocycles. The third-order valence-electron chi connectivity index (χ3n) is 4.25. The van der Waals surface area contributed by atoms with Gasteiger partial charge in [-0.1, -0.05) is 35.9 Å². The predicted octanol–water partition coefficient (Wildman–Crippen LogP) is 2.90. The highest BCUT2D eigenvalue weighted by Gasteiger charge is 2.14. The largest absolute Gasteiger partial charge is 0.492 e. The zero-order valence-electron chi connectivity index (χ0n) is 15.2. The number of nitrogens with zero attached hydrogens (tertiary/aromatic N) is 3. The highest BCUT2D eigenvalue weighted by Crippen LogP contribution is 2.17. The van der Waals surface area contributed by atoms with Crippen LogP contribution in [0, 0.1) is 6.92 Å². The van der Waals surface area contributed by atoms with Gasteiger partial charge in [0.2, 0.25) is 5.91 Å². The van der Waals surface area contributed by atoms with Crippen molar-refractivity contribution in [2.45, 2.75) is 13.5 Å². The molecule has 140 valence electrons. The maximum atomic E-state index is 12.6. The lowest BCUT2D eigenvalue weighted by Crippen LogP contribution is -2.37. The minimum Gasteiger partial charge on any atom is -0.492 e. The number of carbonyl (C=O) groups is 1. The SMILES string of the molecule is Cc1nn(CC(=O)N(C)CCOc2cccc(Cl)c2)c(=O)c2ccccc12. The van der Waals surface area contributed by atoms with E-state index in [1.54, 1.807) is 43.4 Å². The molecule has 0 fully saturated rings. The van der Waals surface area contributed by atoms with Crippen LogP contribution in [0.25, 0.3) is 10.8 Å². The molecule has 0 saturated heterocycles. The molecule has 27 heavy (non-hydrogen) atoms. The van der Waals surface area contributed by atoms with Crippen LogP contribution >= 0.6 is 11.6 Å². The normalized spacial score (nSPS) is 10.8. The molecule has 0 aliphatic rings. The molecule has 2 aromatic carbocycles. The van der Waals surface area contributed by atoms with Crippen molar-refractivity contribution >= 4 is 28.3 Å². The molecule has 6 nitrogen and oxygen atoms in total. The number of likely N-dealkylation sites (N-methyl/N-ethyl adjacent to an activating group) is 1. The smallest absolute Gasteiger partial charge is 0.275 e. The van der Waals surface area contributed by atoms with Crippen LogP contribution in [0.4, 0.5) is 0 Å². The van der Waals surface area contributed by atoms with E-state index in [1.165, 1.54) is 9.58 Å². The molecule has 0 radical (unpaired) electrons. The monoisotopic (exact) mass is 385 g/mol. The van der Waals surface area contributed by atoms with E-state index in [4.69, 9.17) is 16.3 Å². The summed E-state index contributed by atoms with van der Waals surface area (Å²) in [4.78, 5) is 26.5. The van der Waals surface area contributed by atoms with Crippen LogP contribution in [0.3, 0.4) is 0 Å². The standard InChI is InChI=1S/C20H20ClN3O3/c1-14-17-8-3-4-9-18(17)20(26)24(22-14)13-19(25)23(2)10-11-27-16-7-5-6-15(21)12-16/h3-9,12H,10-11,13H2,1-2H3. The van der Waals surface area contributed by atoms with Crippen molar-refractivity contribution in [3.05, 3.63) is 69.6 Å². The summed E-state index contributed by atoms with van der Waals surface area (Å²) in [5, 5.41) is 6.22. The van der Waals surface area contributed by atoms with Gasteiger partial charge in [0.25, 0.3) is 5.56 Å². The van der Waals surface area contributed by atoms with E-state index in [2.05, 4.69) is 5.10 Å². The summed E-state index contributed by atoms with van der Waals surface area (Å²) >= 11 is 5.91. The summed E-state index contributed by atoms with van der Waals surface area (Å²) in [5.74, 6) is 0.431. The van der Waals surface area contributed by atoms with Crippen LogP contribution in [0.1, 0.15) is 5.69 Å². The quantitative estimate of drug-likeness (QED) is 0.654. The van der Waals surface area contributed by atoms with E-state index in [0.717, 1.165) is 5.39 Å². The lowest BCUT2D eigenvalue weighted by molar-refractivity contribution is -0.131. The second-order valence-corrected chi connectivity index (χ2v) is 6.65. The first-order valence-corrected chi connectivity index (χ1v) is 8.92.